The zero-order valence-electron chi connectivity index (χ0n) is 8.51. The number of aromatic carboxylic acids is 1. The van der Waals surface area contributed by atoms with Crippen molar-refractivity contribution in [3.05, 3.63) is 45.3 Å². The summed E-state index contributed by atoms with van der Waals surface area (Å²) < 4.78 is 2.22. The average Bonchev–Trinajstić information content (AvgIpc) is 2.61. The molecule has 0 amide bonds. The van der Waals surface area contributed by atoms with E-state index in [0.717, 1.165) is 11.3 Å². The number of hydrogen-bond acceptors (Lipinski definition) is 2. The van der Waals surface area contributed by atoms with Crippen molar-refractivity contribution >= 4 is 28.6 Å². The first kappa shape index (κ1) is 11.1. The highest BCUT2D eigenvalue weighted by Gasteiger charge is 2.14. The minimum Gasteiger partial charge on any atom is -0.478 e. The zero-order chi connectivity index (χ0) is 11.7. The lowest BCUT2D eigenvalue weighted by Crippen LogP contribution is -2.02. The van der Waals surface area contributed by atoms with Gasteiger partial charge in [-0.3, -0.25) is 0 Å². The number of hydrogen-bond donors (Lipinski definition) is 1. The molecule has 16 heavy (non-hydrogen) atoms. The molecule has 0 radical (unpaired) electrons. The average molecular weight is 328 g/mol. The summed E-state index contributed by atoms with van der Waals surface area (Å²) in [5, 5.41) is 13.0. The number of halogens is 1. The Morgan fingerprint density at radius 1 is 1.38 bits per heavy atom. The van der Waals surface area contributed by atoms with E-state index in [-0.39, 0.29) is 5.56 Å². The molecule has 82 valence electrons. The molecule has 0 aliphatic heterocycles. The molecule has 0 bridgehead atoms. The molecule has 0 spiro atoms. The molecule has 1 heterocycles. The van der Waals surface area contributed by atoms with E-state index >= 15 is 0 Å². The first-order chi connectivity index (χ1) is 7.59. The second-order valence-electron chi connectivity index (χ2n) is 3.40. The standard InChI is InChI=1S/C11H9IN2O2/c1-7-2-4-8(5-3-7)14-10(12)9(6-13-14)11(15)16/h2-6H,1H3,(H,15,16). The molecule has 0 aliphatic carbocycles. The number of benzene rings is 1. The van der Waals surface area contributed by atoms with Gasteiger partial charge in [0.15, 0.2) is 0 Å². The van der Waals surface area contributed by atoms with Gasteiger partial charge in [0.1, 0.15) is 9.26 Å². The van der Waals surface area contributed by atoms with Gasteiger partial charge >= 0.3 is 5.97 Å². The minimum absolute atomic E-state index is 0.223. The Labute approximate surface area is 106 Å². The molecular weight excluding hydrogens is 319 g/mol. The van der Waals surface area contributed by atoms with Crippen molar-refractivity contribution in [1.29, 1.82) is 0 Å². The van der Waals surface area contributed by atoms with E-state index in [1.807, 2.05) is 53.8 Å². The molecule has 1 aromatic heterocycles. The summed E-state index contributed by atoms with van der Waals surface area (Å²) in [5.74, 6) is -0.956. The van der Waals surface area contributed by atoms with Gasteiger partial charge in [0, 0.05) is 0 Å². The van der Waals surface area contributed by atoms with Crippen LogP contribution in [0.25, 0.3) is 5.69 Å². The lowest BCUT2D eigenvalue weighted by Gasteiger charge is -2.03. The van der Waals surface area contributed by atoms with Crippen LogP contribution in [0, 0.1) is 10.6 Å². The summed E-state index contributed by atoms with van der Waals surface area (Å²) >= 11 is 1.98. The van der Waals surface area contributed by atoms with Crippen molar-refractivity contribution < 1.29 is 9.90 Å². The fraction of sp³-hybridized carbons (Fsp3) is 0.0909. The van der Waals surface area contributed by atoms with E-state index < -0.39 is 5.97 Å². The number of carboxylic acid groups (broad SMARTS) is 1. The van der Waals surface area contributed by atoms with Crippen LogP contribution in [-0.2, 0) is 0 Å². The largest absolute Gasteiger partial charge is 0.478 e. The van der Waals surface area contributed by atoms with Crippen molar-refractivity contribution in [2.75, 3.05) is 0 Å². The van der Waals surface area contributed by atoms with Crippen LogP contribution in [0.4, 0.5) is 0 Å². The first-order valence-electron chi connectivity index (χ1n) is 4.63. The SMILES string of the molecule is Cc1ccc(-n2ncc(C(=O)O)c2I)cc1. The molecule has 0 aliphatic rings. The van der Waals surface area contributed by atoms with Gasteiger partial charge < -0.3 is 5.11 Å². The van der Waals surface area contributed by atoms with Crippen molar-refractivity contribution in [3.63, 3.8) is 0 Å². The lowest BCUT2D eigenvalue weighted by molar-refractivity contribution is 0.0695. The van der Waals surface area contributed by atoms with Crippen LogP contribution in [0.5, 0.6) is 0 Å². The summed E-state index contributed by atoms with van der Waals surface area (Å²) in [6, 6.07) is 7.76. The molecule has 1 aromatic carbocycles. The Balaban J connectivity index is 2.49. The quantitative estimate of drug-likeness (QED) is 0.862. The maximum absolute atomic E-state index is 10.9. The van der Waals surface area contributed by atoms with Crippen LogP contribution < -0.4 is 0 Å². The van der Waals surface area contributed by atoms with Crippen LogP contribution in [0.2, 0.25) is 0 Å². The Hall–Kier alpha value is -1.37. The van der Waals surface area contributed by atoms with Crippen molar-refractivity contribution in [1.82, 2.24) is 9.78 Å². The third kappa shape index (κ3) is 1.95. The molecular formula is C11H9IN2O2. The highest BCUT2D eigenvalue weighted by Crippen LogP contribution is 2.17. The van der Waals surface area contributed by atoms with Crippen LogP contribution >= 0.6 is 22.6 Å². The summed E-state index contributed by atoms with van der Waals surface area (Å²) in [5.41, 5.74) is 2.24. The van der Waals surface area contributed by atoms with E-state index in [2.05, 4.69) is 5.10 Å². The number of carboxylic acids is 1. The van der Waals surface area contributed by atoms with Gasteiger partial charge in [0.05, 0.1) is 11.9 Å². The fourth-order valence-corrected chi connectivity index (χ4v) is 2.12. The number of carbonyl (C=O) groups is 1. The number of rotatable bonds is 2. The Bertz CT molecular complexity index is 531. The van der Waals surface area contributed by atoms with Crippen LogP contribution in [0.15, 0.2) is 30.5 Å². The zero-order valence-corrected chi connectivity index (χ0v) is 10.7. The summed E-state index contributed by atoms with van der Waals surface area (Å²) in [6.07, 6.45) is 1.37. The molecule has 1 N–H and O–H groups in total. The predicted octanol–water partition coefficient (Wildman–Crippen LogP) is 2.48. The van der Waals surface area contributed by atoms with E-state index in [4.69, 9.17) is 5.11 Å². The van der Waals surface area contributed by atoms with Crippen LogP contribution in [-0.4, -0.2) is 20.9 Å². The van der Waals surface area contributed by atoms with Gasteiger partial charge in [-0.1, -0.05) is 17.7 Å². The number of aromatic nitrogens is 2. The molecule has 4 nitrogen and oxygen atoms in total. The second kappa shape index (κ2) is 4.25. The molecule has 2 rings (SSSR count). The van der Waals surface area contributed by atoms with Crippen molar-refractivity contribution in [2.45, 2.75) is 6.92 Å². The Morgan fingerprint density at radius 2 is 2.00 bits per heavy atom. The van der Waals surface area contributed by atoms with E-state index in [0.29, 0.717) is 3.70 Å². The first-order valence-corrected chi connectivity index (χ1v) is 5.71. The molecule has 0 fully saturated rings. The molecule has 0 saturated carbocycles. The maximum Gasteiger partial charge on any atom is 0.340 e. The highest BCUT2D eigenvalue weighted by atomic mass is 127. The monoisotopic (exact) mass is 328 g/mol. The van der Waals surface area contributed by atoms with E-state index in [9.17, 15) is 4.79 Å². The normalized spacial score (nSPS) is 10.4. The topological polar surface area (TPSA) is 55.1 Å². The van der Waals surface area contributed by atoms with Gasteiger partial charge in [-0.15, -0.1) is 0 Å². The number of nitrogens with zero attached hydrogens (tertiary/aromatic N) is 2. The van der Waals surface area contributed by atoms with Gasteiger partial charge in [-0.05, 0) is 41.6 Å². The van der Waals surface area contributed by atoms with Crippen molar-refractivity contribution in [2.24, 2.45) is 0 Å². The predicted molar refractivity (Wildman–Crippen MR) is 68.0 cm³/mol. The molecule has 0 atom stereocenters. The van der Waals surface area contributed by atoms with E-state index in [1.54, 1.807) is 4.68 Å². The lowest BCUT2D eigenvalue weighted by atomic mass is 10.2. The summed E-state index contributed by atoms with van der Waals surface area (Å²) in [6.45, 7) is 2.00. The van der Waals surface area contributed by atoms with Crippen LogP contribution in [0.3, 0.4) is 0 Å². The van der Waals surface area contributed by atoms with Gasteiger partial charge in [0.25, 0.3) is 0 Å². The van der Waals surface area contributed by atoms with Gasteiger partial charge in [-0.2, -0.15) is 5.10 Å². The molecule has 5 heteroatoms. The highest BCUT2D eigenvalue weighted by molar-refractivity contribution is 14.1. The van der Waals surface area contributed by atoms with Gasteiger partial charge in [0.2, 0.25) is 0 Å². The number of aryl methyl sites for hydroxylation is 1. The Kier molecular flexibility index (Phi) is 2.95. The second-order valence-corrected chi connectivity index (χ2v) is 4.42. The molecule has 0 saturated heterocycles. The van der Waals surface area contributed by atoms with E-state index in [1.165, 1.54) is 6.20 Å². The van der Waals surface area contributed by atoms with Gasteiger partial charge in [-0.25, -0.2) is 9.48 Å². The minimum atomic E-state index is -0.956. The Morgan fingerprint density at radius 3 is 2.50 bits per heavy atom. The summed E-state index contributed by atoms with van der Waals surface area (Å²) in [4.78, 5) is 10.9. The van der Waals surface area contributed by atoms with Crippen molar-refractivity contribution in [3.8, 4) is 5.69 Å². The smallest absolute Gasteiger partial charge is 0.340 e. The summed E-state index contributed by atoms with van der Waals surface area (Å²) in [7, 11) is 0. The fourth-order valence-electron chi connectivity index (χ4n) is 1.34. The third-order valence-corrected chi connectivity index (χ3v) is 3.26. The third-order valence-electron chi connectivity index (χ3n) is 2.22. The molecule has 2 aromatic rings. The molecule has 0 unspecified atom stereocenters. The van der Waals surface area contributed by atoms with Crippen LogP contribution in [0.1, 0.15) is 15.9 Å². The maximum atomic E-state index is 10.9.